The summed E-state index contributed by atoms with van der Waals surface area (Å²) in [5.41, 5.74) is 2.22. The van der Waals surface area contributed by atoms with Crippen molar-refractivity contribution in [1.29, 1.82) is 0 Å². The highest BCUT2D eigenvalue weighted by molar-refractivity contribution is 7.18. The number of fused-ring (bicyclic) bond motifs is 1. The molecule has 0 radical (unpaired) electrons. The average Bonchev–Trinajstić information content (AvgIpc) is 2.84. The standard InChI is InChI=1S/C15H14ClN3S/c1-3-11-8-12-13(18-15(16)19-14(12)20-11)17-10-6-4-9(2)5-7-10/h4-8H,3H2,1-2H3,(H,17,18,19). The van der Waals surface area contributed by atoms with Gasteiger partial charge in [0.05, 0.1) is 5.39 Å². The van der Waals surface area contributed by atoms with E-state index in [0.29, 0.717) is 0 Å². The molecule has 1 N–H and O–H groups in total. The van der Waals surface area contributed by atoms with E-state index in [1.165, 1.54) is 10.4 Å². The van der Waals surface area contributed by atoms with Gasteiger partial charge in [0.25, 0.3) is 0 Å². The number of aryl methyl sites for hydroxylation is 2. The maximum Gasteiger partial charge on any atom is 0.225 e. The third-order valence-corrected chi connectivity index (χ3v) is 4.42. The molecule has 0 bridgehead atoms. The summed E-state index contributed by atoms with van der Waals surface area (Å²) in [4.78, 5) is 10.8. The normalized spacial score (nSPS) is 10.9. The predicted molar refractivity (Wildman–Crippen MR) is 86.3 cm³/mol. The third-order valence-electron chi connectivity index (χ3n) is 3.08. The summed E-state index contributed by atoms with van der Waals surface area (Å²) in [5.74, 6) is 0.764. The summed E-state index contributed by atoms with van der Waals surface area (Å²) in [6.07, 6.45) is 0.989. The molecule has 0 atom stereocenters. The van der Waals surface area contributed by atoms with Crippen molar-refractivity contribution in [2.75, 3.05) is 5.32 Å². The Kier molecular flexibility index (Phi) is 3.59. The van der Waals surface area contributed by atoms with Crippen LogP contribution in [0.1, 0.15) is 17.4 Å². The summed E-state index contributed by atoms with van der Waals surface area (Å²) in [7, 11) is 0. The third kappa shape index (κ3) is 2.62. The number of nitrogens with one attached hydrogen (secondary N) is 1. The number of hydrogen-bond donors (Lipinski definition) is 1. The first-order chi connectivity index (χ1) is 9.65. The second-order valence-electron chi connectivity index (χ2n) is 4.62. The molecule has 0 saturated carbocycles. The Hall–Kier alpha value is -1.65. The Morgan fingerprint density at radius 3 is 2.65 bits per heavy atom. The zero-order valence-electron chi connectivity index (χ0n) is 11.3. The molecule has 20 heavy (non-hydrogen) atoms. The monoisotopic (exact) mass is 303 g/mol. The first-order valence-electron chi connectivity index (χ1n) is 6.45. The van der Waals surface area contributed by atoms with Gasteiger partial charge in [-0.15, -0.1) is 11.3 Å². The van der Waals surface area contributed by atoms with Crippen LogP contribution in [0, 0.1) is 6.92 Å². The zero-order valence-corrected chi connectivity index (χ0v) is 12.8. The highest BCUT2D eigenvalue weighted by Crippen LogP contribution is 2.31. The van der Waals surface area contributed by atoms with Gasteiger partial charge in [-0.25, -0.2) is 4.98 Å². The molecule has 102 valence electrons. The van der Waals surface area contributed by atoms with Crippen LogP contribution < -0.4 is 5.32 Å². The molecular formula is C15H14ClN3S. The lowest BCUT2D eigenvalue weighted by molar-refractivity contribution is 1.19. The maximum absolute atomic E-state index is 6.01. The van der Waals surface area contributed by atoms with Crippen LogP contribution in [-0.2, 0) is 6.42 Å². The molecule has 1 aromatic carbocycles. The van der Waals surface area contributed by atoms with Crippen molar-refractivity contribution < 1.29 is 0 Å². The van der Waals surface area contributed by atoms with Gasteiger partial charge in [-0.2, -0.15) is 4.98 Å². The lowest BCUT2D eigenvalue weighted by Crippen LogP contribution is -1.95. The summed E-state index contributed by atoms with van der Waals surface area (Å²) in [5, 5.41) is 4.62. The average molecular weight is 304 g/mol. The van der Waals surface area contributed by atoms with Gasteiger partial charge < -0.3 is 5.32 Å². The summed E-state index contributed by atoms with van der Waals surface area (Å²) < 4.78 is 0. The first-order valence-corrected chi connectivity index (χ1v) is 7.65. The topological polar surface area (TPSA) is 37.8 Å². The second kappa shape index (κ2) is 5.38. The number of nitrogens with zero attached hydrogens (tertiary/aromatic N) is 2. The number of aromatic nitrogens is 2. The molecule has 0 spiro atoms. The highest BCUT2D eigenvalue weighted by atomic mass is 35.5. The Morgan fingerprint density at radius 2 is 1.95 bits per heavy atom. The van der Waals surface area contributed by atoms with E-state index >= 15 is 0 Å². The summed E-state index contributed by atoms with van der Waals surface area (Å²) in [6, 6.07) is 10.3. The van der Waals surface area contributed by atoms with E-state index in [0.717, 1.165) is 28.1 Å². The lowest BCUT2D eigenvalue weighted by Gasteiger charge is -2.07. The number of rotatable bonds is 3. The van der Waals surface area contributed by atoms with Crippen molar-refractivity contribution in [3.05, 3.63) is 46.1 Å². The Labute approximate surface area is 126 Å². The molecule has 0 aliphatic carbocycles. The SMILES string of the molecule is CCc1cc2c(Nc3ccc(C)cc3)nc(Cl)nc2s1. The van der Waals surface area contributed by atoms with Gasteiger partial charge in [0.1, 0.15) is 10.6 Å². The van der Waals surface area contributed by atoms with E-state index in [1.807, 2.05) is 12.1 Å². The van der Waals surface area contributed by atoms with Crippen LogP contribution in [0.5, 0.6) is 0 Å². The minimum Gasteiger partial charge on any atom is -0.340 e. The fourth-order valence-corrected chi connectivity index (χ4v) is 3.17. The van der Waals surface area contributed by atoms with E-state index in [4.69, 9.17) is 11.6 Å². The van der Waals surface area contributed by atoms with Crippen LogP contribution in [0.15, 0.2) is 30.3 Å². The Balaban J connectivity index is 2.05. The summed E-state index contributed by atoms with van der Waals surface area (Å²) in [6.45, 7) is 4.20. The van der Waals surface area contributed by atoms with Crippen molar-refractivity contribution in [3.63, 3.8) is 0 Å². The van der Waals surface area contributed by atoms with E-state index < -0.39 is 0 Å². The number of halogens is 1. The van der Waals surface area contributed by atoms with Gasteiger partial charge in [0.2, 0.25) is 5.28 Å². The fourth-order valence-electron chi connectivity index (χ4n) is 1.99. The van der Waals surface area contributed by atoms with Crippen LogP contribution >= 0.6 is 22.9 Å². The molecule has 3 rings (SSSR count). The molecule has 0 aliphatic rings. The number of hydrogen-bond acceptors (Lipinski definition) is 4. The van der Waals surface area contributed by atoms with Gasteiger partial charge in [-0.05, 0) is 43.1 Å². The van der Waals surface area contributed by atoms with Gasteiger partial charge in [-0.1, -0.05) is 24.6 Å². The van der Waals surface area contributed by atoms with Crippen molar-refractivity contribution in [2.24, 2.45) is 0 Å². The van der Waals surface area contributed by atoms with Crippen LogP contribution in [-0.4, -0.2) is 9.97 Å². The number of anilines is 2. The Morgan fingerprint density at radius 1 is 1.20 bits per heavy atom. The van der Waals surface area contributed by atoms with Gasteiger partial charge in [-0.3, -0.25) is 0 Å². The van der Waals surface area contributed by atoms with E-state index in [9.17, 15) is 0 Å². The first kappa shape index (κ1) is 13.3. The van der Waals surface area contributed by atoms with Crippen molar-refractivity contribution in [2.45, 2.75) is 20.3 Å². The lowest BCUT2D eigenvalue weighted by atomic mass is 10.2. The van der Waals surface area contributed by atoms with E-state index in [1.54, 1.807) is 11.3 Å². The quantitative estimate of drug-likeness (QED) is 0.695. The van der Waals surface area contributed by atoms with Crippen molar-refractivity contribution in [3.8, 4) is 0 Å². The van der Waals surface area contributed by atoms with Crippen molar-refractivity contribution in [1.82, 2.24) is 9.97 Å². The maximum atomic E-state index is 6.01. The van der Waals surface area contributed by atoms with Gasteiger partial charge >= 0.3 is 0 Å². The van der Waals surface area contributed by atoms with Crippen LogP contribution in [0.4, 0.5) is 11.5 Å². The molecule has 0 saturated heterocycles. The molecule has 5 heteroatoms. The molecule has 0 amide bonds. The van der Waals surface area contributed by atoms with E-state index in [-0.39, 0.29) is 5.28 Å². The largest absolute Gasteiger partial charge is 0.340 e. The minimum absolute atomic E-state index is 0.275. The summed E-state index contributed by atoms with van der Waals surface area (Å²) >= 11 is 7.68. The zero-order chi connectivity index (χ0) is 14.1. The van der Waals surface area contributed by atoms with Crippen LogP contribution in [0.3, 0.4) is 0 Å². The van der Waals surface area contributed by atoms with Crippen molar-refractivity contribution >= 4 is 44.7 Å². The molecule has 3 aromatic rings. The number of benzene rings is 1. The highest BCUT2D eigenvalue weighted by Gasteiger charge is 2.10. The molecule has 0 aliphatic heterocycles. The molecule has 2 heterocycles. The van der Waals surface area contributed by atoms with Gasteiger partial charge in [0, 0.05) is 10.6 Å². The molecule has 0 fully saturated rings. The Bertz CT molecular complexity index is 750. The van der Waals surface area contributed by atoms with Gasteiger partial charge in [0.15, 0.2) is 0 Å². The predicted octanol–water partition coefficient (Wildman–Crippen LogP) is 4.96. The molecule has 3 nitrogen and oxygen atoms in total. The van der Waals surface area contributed by atoms with E-state index in [2.05, 4.69) is 47.3 Å². The molecule has 2 aromatic heterocycles. The molecule has 0 unspecified atom stereocenters. The number of thiophene rings is 1. The van der Waals surface area contributed by atoms with Crippen LogP contribution in [0.25, 0.3) is 10.2 Å². The second-order valence-corrected chi connectivity index (χ2v) is 6.07. The smallest absolute Gasteiger partial charge is 0.225 e. The fraction of sp³-hybridized carbons (Fsp3) is 0.200. The minimum atomic E-state index is 0.275. The molecular weight excluding hydrogens is 290 g/mol. The van der Waals surface area contributed by atoms with Crippen LogP contribution in [0.2, 0.25) is 5.28 Å².